The van der Waals surface area contributed by atoms with Gasteiger partial charge in [0.25, 0.3) is 0 Å². The van der Waals surface area contributed by atoms with Crippen molar-refractivity contribution in [2.45, 2.75) is 43.9 Å². The summed E-state index contributed by atoms with van der Waals surface area (Å²) >= 11 is 0. The van der Waals surface area contributed by atoms with Crippen LogP contribution in [0.3, 0.4) is 0 Å². The van der Waals surface area contributed by atoms with Gasteiger partial charge >= 0.3 is 0 Å². The first-order valence-corrected chi connectivity index (χ1v) is 8.71. The van der Waals surface area contributed by atoms with E-state index >= 15 is 0 Å². The number of rotatable bonds is 4. The third-order valence-corrected chi connectivity index (χ3v) is 4.85. The second-order valence-electron chi connectivity index (χ2n) is 6.45. The minimum atomic E-state index is -0.546. The normalized spacial score (nSPS) is 29.5. The zero-order valence-corrected chi connectivity index (χ0v) is 13.9. The van der Waals surface area contributed by atoms with Crippen LogP contribution < -0.4 is 5.32 Å². The number of ether oxygens (including phenoxy) is 1. The van der Waals surface area contributed by atoms with E-state index in [1.165, 1.54) is 6.08 Å². The maximum absolute atomic E-state index is 12.2. The van der Waals surface area contributed by atoms with Crippen molar-refractivity contribution in [3.05, 3.63) is 24.3 Å². The molecule has 1 aliphatic carbocycles. The molecule has 0 unspecified atom stereocenters. The molecule has 7 nitrogen and oxygen atoms in total. The number of hydrogen-bond donors (Lipinski definition) is 3. The summed E-state index contributed by atoms with van der Waals surface area (Å²) in [5.74, 6) is -0.184. The van der Waals surface area contributed by atoms with Gasteiger partial charge in [-0.15, -0.1) is 0 Å². The molecular weight excluding hydrogens is 308 g/mol. The van der Waals surface area contributed by atoms with E-state index in [2.05, 4.69) is 20.2 Å². The van der Waals surface area contributed by atoms with Crippen LogP contribution in [0.2, 0.25) is 0 Å². The highest BCUT2D eigenvalue weighted by Crippen LogP contribution is 2.24. The van der Waals surface area contributed by atoms with Gasteiger partial charge in [-0.1, -0.05) is 12.8 Å². The second-order valence-corrected chi connectivity index (χ2v) is 6.45. The molecule has 0 spiro atoms. The molecule has 1 aliphatic heterocycles. The van der Waals surface area contributed by atoms with E-state index in [1.807, 2.05) is 0 Å². The average Bonchev–Trinajstić information content (AvgIpc) is 3.06. The van der Waals surface area contributed by atoms with Gasteiger partial charge in [0.15, 0.2) is 0 Å². The molecule has 0 radical (unpaired) electrons. The van der Waals surface area contributed by atoms with Crippen LogP contribution in [0.1, 0.15) is 31.4 Å². The number of aliphatic hydroxyl groups excluding tert-OH is 1. The third kappa shape index (κ3) is 4.43. The van der Waals surface area contributed by atoms with Gasteiger partial charge in [-0.05, 0) is 18.9 Å². The van der Waals surface area contributed by atoms with Crippen LogP contribution in [-0.4, -0.2) is 70.4 Å². The Bertz CT molecular complexity index is 540. The van der Waals surface area contributed by atoms with E-state index < -0.39 is 6.10 Å². The lowest BCUT2D eigenvalue weighted by Gasteiger charge is -2.38. The Hall–Kier alpha value is -1.70. The Morgan fingerprint density at radius 1 is 1.38 bits per heavy atom. The summed E-state index contributed by atoms with van der Waals surface area (Å²) in [5.41, 5.74) is 0.776. The molecule has 7 heteroatoms. The molecule has 3 atom stereocenters. The largest absolute Gasteiger partial charge is 0.389 e. The van der Waals surface area contributed by atoms with Crippen molar-refractivity contribution in [2.75, 3.05) is 26.3 Å². The molecule has 2 aliphatic rings. The van der Waals surface area contributed by atoms with E-state index in [0.717, 1.165) is 44.5 Å². The predicted octanol–water partition coefficient (Wildman–Crippen LogP) is 0.543. The van der Waals surface area contributed by atoms with Crippen molar-refractivity contribution in [3.8, 4) is 0 Å². The quantitative estimate of drug-likeness (QED) is 0.552. The van der Waals surface area contributed by atoms with Crippen LogP contribution in [0.5, 0.6) is 0 Å². The molecule has 2 fully saturated rings. The van der Waals surface area contributed by atoms with Crippen LogP contribution >= 0.6 is 0 Å². The summed E-state index contributed by atoms with van der Waals surface area (Å²) in [4.78, 5) is 21.3. The van der Waals surface area contributed by atoms with Crippen LogP contribution in [0.4, 0.5) is 0 Å². The van der Waals surface area contributed by atoms with E-state index in [0.29, 0.717) is 13.2 Å². The monoisotopic (exact) mass is 334 g/mol. The van der Waals surface area contributed by atoms with Gasteiger partial charge in [-0.2, -0.15) is 0 Å². The molecule has 2 heterocycles. The fourth-order valence-corrected chi connectivity index (χ4v) is 3.55. The maximum Gasteiger partial charge on any atom is 0.244 e. The van der Waals surface area contributed by atoms with Crippen LogP contribution in [-0.2, 0) is 9.53 Å². The number of carbonyl (C=O) groups excluding carboxylic acids is 1. The number of H-pyrrole nitrogens is 1. The molecule has 0 aromatic carbocycles. The number of hydrogen-bond acceptors (Lipinski definition) is 5. The number of nitrogens with one attached hydrogen (secondary N) is 2. The summed E-state index contributed by atoms with van der Waals surface area (Å²) in [6.45, 7) is 3.13. The molecule has 1 saturated carbocycles. The minimum absolute atomic E-state index is 0.0956. The Morgan fingerprint density at radius 3 is 2.92 bits per heavy atom. The van der Waals surface area contributed by atoms with Crippen LogP contribution in [0.25, 0.3) is 6.08 Å². The summed E-state index contributed by atoms with van der Waals surface area (Å²) < 4.78 is 5.41. The highest BCUT2D eigenvalue weighted by molar-refractivity contribution is 5.91. The summed E-state index contributed by atoms with van der Waals surface area (Å²) in [5, 5.41) is 13.8. The lowest BCUT2D eigenvalue weighted by Crippen LogP contribution is -2.55. The summed E-state index contributed by atoms with van der Waals surface area (Å²) in [6, 6.07) is -0.113. The lowest BCUT2D eigenvalue weighted by molar-refractivity contribution is -0.118. The van der Waals surface area contributed by atoms with Crippen molar-refractivity contribution in [3.63, 3.8) is 0 Å². The number of carbonyl (C=O) groups is 1. The maximum atomic E-state index is 12.2. The molecule has 3 N–H and O–H groups in total. The zero-order chi connectivity index (χ0) is 16.8. The minimum Gasteiger partial charge on any atom is -0.389 e. The van der Waals surface area contributed by atoms with Crippen molar-refractivity contribution in [2.24, 2.45) is 0 Å². The Balaban J connectivity index is 1.59. The number of aromatic amines is 1. The van der Waals surface area contributed by atoms with Gasteiger partial charge in [0, 0.05) is 25.2 Å². The molecule has 1 amide bonds. The molecule has 3 rings (SSSR count). The van der Waals surface area contributed by atoms with E-state index in [9.17, 15) is 9.90 Å². The second kappa shape index (κ2) is 8.41. The Kier molecular flexibility index (Phi) is 6.01. The first kappa shape index (κ1) is 17.1. The highest BCUT2D eigenvalue weighted by Gasteiger charge is 2.34. The van der Waals surface area contributed by atoms with Crippen molar-refractivity contribution in [1.29, 1.82) is 0 Å². The lowest BCUT2D eigenvalue weighted by atomic mass is 9.99. The van der Waals surface area contributed by atoms with Crippen molar-refractivity contribution in [1.82, 2.24) is 20.2 Å². The van der Waals surface area contributed by atoms with Gasteiger partial charge < -0.3 is 20.1 Å². The molecule has 1 aromatic rings. The first-order chi connectivity index (χ1) is 11.7. The van der Waals surface area contributed by atoms with Gasteiger partial charge in [0.1, 0.15) is 0 Å². The van der Waals surface area contributed by atoms with Crippen molar-refractivity contribution >= 4 is 12.0 Å². The molecule has 1 saturated heterocycles. The smallest absolute Gasteiger partial charge is 0.244 e. The Labute approximate surface area is 142 Å². The average molecular weight is 334 g/mol. The van der Waals surface area contributed by atoms with Gasteiger partial charge in [-0.3, -0.25) is 9.69 Å². The third-order valence-electron chi connectivity index (χ3n) is 4.85. The van der Waals surface area contributed by atoms with Gasteiger partial charge in [-0.25, -0.2) is 4.98 Å². The number of amides is 1. The zero-order valence-electron chi connectivity index (χ0n) is 13.9. The van der Waals surface area contributed by atoms with Crippen LogP contribution in [0.15, 0.2) is 18.6 Å². The van der Waals surface area contributed by atoms with Crippen LogP contribution in [0, 0.1) is 0 Å². The molecule has 1 aromatic heterocycles. The number of morpholine rings is 1. The van der Waals surface area contributed by atoms with E-state index in [4.69, 9.17) is 4.74 Å². The standard InChI is InChI=1S/C17H26N4O3/c22-16(6-5-13-11-18-12-19-13)20-14-3-1-2-4-15(17(14)23)21-7-9-24-10-8-21/h5-6,11-12,14-15,17,23H,1-4,7-10H2,(H,18,19)(H,20,22)/b6-5+/t14-,15-,17-/m1/s1. The topological polar surface area (TPSA) is 90.5 Å². The number of imidazole rings is 1. The van der Waals surface area contributed by atoms with E-state index in [-0.39, 0.29) is 18.0 Å². The molecule has 24 heavy (non-hydrogen) atoms. The van der Waals surface area contributed by atoms with Gasteiger partial charge in [0.2, 0.25) is 5.91 Å². The first-order valence-electron chi connectivity index (χ1n) is 8.71. The fourth-order valence-electron chi connectivity index (χ4n) is 3.55. The Morgan fingerprint density at radius 2 is 2.17 bits per heavy atom. The number of nitrogens with zero attached hydrogens (tertiary/aromatic N) is 2. The molecule has 132 valence electrons. The summed E-state index contributed by atoms with van der Waals surface area (Å²) in [7, 11) is 0. The fraction of sp³-hybridized carbons (Fsp3) is 0.647. The highest BCUT2D eigenvalue weighted by atomic mass is 16.5. The SMILES string of the molecule is O=C(/C=C/c1cnc[nH]1)N[C@@H]1CCCC[C@@H](N2CCOCC2)[C@@H]1O. The number of aromatic nitrogens is 2. The summed E-state index contributed by atoms with van der Waals surface area (Å²) in [6.07, 6.45) is 9.72. The molecular formula is C17H26N4O3. The van der Waals surface area contributed by atoms with E-state index in [1.54, 1.807) is 18.6 Å². The number of aliphatic hydroxyl groups is 1. The molecule has 0 bridgehead atoms. The predicted molar refractivity (Wildman–Crippen MR) is 90.2 cm³/mol. The van der Waals surface area contributed by atoms with Gasteiger partial charge in [0.05, 0.1) is 43.6 Å². The van der Waals surface area contributed by atoms with Crippen molar-refractivity contribution < 1.29 is 14.6 Å².